The summed E-state index contributed by atoms with van der Waals surface area (Å²) in [7, 11) is 0. The zero-order valence-electron chi connectivity index (χ0n) is 80.1. The molecule has 0 saturated carbocycles. The maximum atomic E-state index is 5.35. The third kappa shape index (κ3) is 16.4. The minimum atomic E-state index is 0.610. The van der Waals surface area contributed by atoms with E-state index < -0.39 is 0 Å². The fourth-order valence-electron chi connectivity index (χ4n) is 20.9. The van der Waals surface area contributed by atoms with Gasteiger partial charge in [0, 0.05) is 50.1 Å². The second-order valence-electron chi connectivity index (χ2n) is 37.5. The summed E-state index contributed by atoms with van der Waals surface area (Å²) in [6.07, 6.45) is 4.40. The predicted molar refractivity (Wildman–Crippen MR) is 607 cm³/mol. The van der Waals surface area contributed by atoms with Crippen LogP contribution in [0.25, 0.3) is 298 Å². The van der Waals surface area contributed by atoms with Crippen LogP contribution in [-0.2, 0) is 0 Å². The summed E-state index contributed by atoms with van der Waals surface area (Å²) in [4.78, 5) is 59.5. The van der Waals surface area contributed by atoms with E-state index in [0.717, 1.165) is 192 Å². The molecule has 0 aliphatic rings. The molecule has 0 aliphatic carbocycles. The van der Waals surface area contributed by atoms with Crippen LogP contribution in [0.4, 0.5) is 0 Å². The molecule has 0 radical (unpaired) electrons. The highest BCUT2D eigenvalue weighted by Crippen LogP contribution is 2.44. The lowest BCUT2D eigenvalue weighted by Crippen LogP contribution is -2.02. The molecule has 0 aliphatic heterocycles. The van der Waals surface area contributed by atoms with Crippen LogP contribution in [0.1, 0.15) is 0 Å². The van der Waals surface area contributed by atoms with Gasteiger partial charge in [-0.1, -0.05) is 346 Å². The fraction of sp³-hybridized carbons (Fsp3) is 0. The molecule has 0 fully saturated rings. The third-order valence-electron chi connectivity index (χ3n) is 28.4. The van der Waals surface area contributed by atoms with Crippen LogP contribution in [0.15, 0.2) is 474 Å². The van der Waals surface area contributed by atoms with Crippen molar-refractivity contribution in [2.75, 3.05) is 0 Å². The van der Waals surface area contributed by atoms with E-state index >= 15 is 0 Å². The minimum Gasteiger partial charge on any atom is -0.233 e. The average molecular weight is 1920 g/mol. The van der Waals surface area contributed by atoms with Crippen molar-refractivity contribution in [1.29, 1.82) is 0 Å². The van der Waals surface area contributed by atoms with Gasteiger partial charge in [-0.25, -0.2) is 59.8 Å². The molecule has 0 atom stereocenters. The minimum absolute atomic E-state index is 0.610. The van der Waals surface area contributed by atoms with E-state index in [1.807, 2.05) is 36.4 Å². The van der Waals surface area contributed by atoms with Gasteiger partial charge in [-0.15, -0.1) is 30.6 Å². The van der Waals surface area contributed by atoms with Crippen molar-refractivity contribution in [2.45, 2.75) is 0 Å². The summed E-state index contributed by atoms with van der Waals surface area (Å²) in [6, 6.07) is 159. The highest BCUT2D eigenvalue weighted by Gasteiger charge is 2.25. The summed E-state index contributed by atoms with van der Waals surface area (Å²) in [6.45, 7) is 0. The zero-order valence-corrected chi connectivity index (χ0v) is 80.1. The van der Waals surface area contributed by atoms with E-state index in [1.54, 1.807) is 0 Å². The average Bonchev–Trinajstić information content (AvgIpc) is 0.746. The highest BCUT2D eigenvalue weighted by molar-refractivity contribution is 6.15. The first-order valence-electron chi connectivity index (χ1n) is 49.6. The fourth-order valence-corrected chi connectivity index (χ4v) is 20.9. The summed E-state index contributed by atoms with van der Waals surface area (Å²) in [5.41, 5.74) is 19.5. The van der Waals surface area contributed by atoms with E-state index in [9.17, 15) is 0 Å². The van der Waals surface area contributed by atoms with Gasteiger partial charge in [0.15, 0.2) is 52.4 Å². The quantitative estimate of drug-likeness (QED) is 0.103. The van der Waals surface area contributed by atoms with Crippen LogP contribution in [0.5, 0.6) is 0 Å². The number of fused-ring (bicyclic) bond motifs is 15. The molecular formula is C132H78N18. The molecule has 0 amide bonds. The molecule has 0 bridgehead atoms. The van der Waals surface area contributed by atoms with E-state index in [1.165, 1.54) is 72.8 Å². The summed E-state index contributed by atoms with van der Waals surface area (Å²) >= 11 is 0. The molecule has 150 heavy (non-hydrogen) atoms. The molecule has 24 aromatic carbocycles. The van der Waals surface area contributed by atoms with Gasteiger partial charge in [0.25, 0.3) is 0 Å². The van der Waals surface area contributed by atoms with Crippen LogP contribution >= 0.6 is 0 Å². The molecule has 30 rings (SSSR count). The van der Waals surface area contributed by atoms with Gasteiger partial charge in [0.05, 0.1) is 16.6 Å². The number of aromatic nitrogens is 18. The largest absolute Gasteiger partial charge is 0.233 e. The Balaban J connectivity index is 0.000000108. The SMILES string of the molecule is c1ccc2c(-c3nc(-c4ccc(-c5ccc6ncnnc6c5)cc4)nc(-c4c5ccccc5cc5ccccc45)n3)c3ccccc3cc2c1.c1ccc2cc3c(-c4nc(-c5ccc(-c6ccc7ncnnc7c6)cc5)nc(-c5cccc6cc7ccccc7cc56)n4)cccc3cc2c1.c1ccc2cc3cc(-c4nc(-c5ccc(-c6ccc7ncnnc7c6)cc5)nc(-c5ccc6cc7ccccc7cc6c5)n4)ccc3cc2c1. The van der Waals surface area contributed by atoms with E-state index in [4.69, 9.17) is 44.9 Å². The molecule has 18 nitrogen and oxygen atoms in total. The van der Waals surface area contributed by atoms with Crippen molar-refractivity contribution >= 4 is 162 Å². The Labute approximate surface area is 856 Å². The Morgan fingerprint density at radius 1 is 0.120 bits per heavy atom. The Hall–Kier alpha value is -20.8. The van der Waals surface area contributed by atoms with Gasteiger partial charge in [-0.05, 0) is 272 Å². The number of benzene rings is 24. The Morgan fingerprint density at radius 2 is 0.340 bits per heavy atom. The molecular weight excluding hydrogens is 1840 g/mol. The monoisotopic (exact) mass is 1910 g/mol. The van der Waals surface area contributed by atoms with Gasteiger partial charge >= 0.3 is 0 Å². The molecule has 0 unspecified atom stereocenters. The molecule has 0 spiro atoms. The van der Waals surface area contributed by atoms with E-state index in [2.05, 4.69) is 464 Å². The van der Waals surface area contributed by atoms with Crippen molar-refractivity contribution < 1.29 is 0 Å². The molecule has 0 saturated heterocycles. The van der Waals surface area contributed by atoms with Crippen molar-refractivity contribution in [3.63, 3.8) is 0 Å². The first-order chi connectivity index (χ1) is 74.2. The number of rotatable bonds is 12. The number of nitrogens with zero attached hydrogens (tertiary/aromatic N) is 18. The standard InChI is InChI=1S/3C44H26N6/c1-5-13-34-30(9-1)23-31-10-2-6-14-35(31)40(34)43-47-42(28-19-17-27(18-20-28)29-21-22-38-39(25-29)50-46-26-45-38)48-44(49-43)41-36-15-7-3-11-32(36)24-33-12-4-8-16-37(33)41;1-3-9-31-23-38-34(21-29(31)7-1)11-5-13-36(38)43-47-42(28-17-15-27(16-18-28)33-19-20-40-41(25-33)50-46-26-45-40)48-44(49-43)37-14-6-12-35-22-30-8-2-4-10-32(30)24-39(35)37;1-3-7-31-21-38-23-36(15-13-33(38)19-29(31)5-1)43-47-42(28-11-9-27(10-12-28)35-17-18-40-41(25-35)50-46-26-45-40)48-44(49-43)37-16-14-34-20-30-6-2-4-8-32(30)22-39(34)24-37/h3*1-26H. The Bertz CT molecular complexity index is 10200. The van der Waals surface area contributed by atoms with E-state index in [-0.39, 0.29) is 0 Å². The number of hydrogen-bond acceptors (Lipinski definition) is 18. The summed E-state index contributed by atoms with van der Waals surface area (Å²) in [5, 5.41) is 52.3. The first kappa shape index (κ1) is 87.1. The summed E-state index contributed by atoms with van der Waals surface area (Å²) in [5.74, 6) is 5.63. The van der Waals surface area contributed by atoms with Crippen LogP contribution in [0, 0.1) is 0 Å². The van der Waals surface area contributed by atoms with Gasteiger partial charge in [0.2, 0.25) is 0 Å². The van der Waals surface area contributed by atoms with E-state index in [0.29, 0.717) is 52.4 Å². The lowest BCUT2D eigenvalue weighted by Gasteiger charge is -2.15. The van der Waals surface area contributed by atoms with Gasteiger partial charge < -0.3 is 0 Å². The third-order valence-corrected chi connectivity index (χ3v) is 28.4. The molecule has 0 N–H and O–H groups in total. The maximum absolute atomic E-state index is 5.35. The van der Waals surface area contributed by atoms with Gasteiger partial charge in [-0.2, -0.15) is 0 Å². The lowest BCUT2D eigenvalue weighted by atomic mass is 9.95. The summed E-state index contributed by atoms with van der Waals surface area (Å²) < 4.78 is 0. The Kier molecular flexibility index (Phi) is 21.4. The normalized spacial score (nSPS) is 11.6. The van der Waals surface area contributed by atoms with Gasteiger partial charge in [0.1, 0.15) is 35.5 Å². The number of hydrogen-bond donors (Lipinski definition) is 0. The lowest BCUT2D eigenvalue weighted by molar-refractivity contribution is 1.02. The Morgan fingerprint density at radius 3 is 0.673 bits per heavy atom. The predicted octanol–water partition coefficient (Wildman–Crippen LogP) is 31.5. The van der Waals surface area contributed by atoms with Crippen molar-refractivity contribution in [3.05, 3.63) is 474 Å². The van der Waals surface area contributed by atoms with Crippen molar-refractivity contribution in [1.82, 2.24) is 90.4 Å². The molecule has 18 heteroatoms. The molecule has 6 heterocycles. The van der Waals surface area contributed by atoms with Crippen molar-refractivity contribution in [3.8, 4) is 136 Å². The smallest absolute Gasteiger partial charge is 0.165 e. The van der Waals surface area contributed by atoms with Crippen LogP contribution in [-0.4, -0.2) is 90.4 Å². The second kappa shape index (κ2) is 36.9. The first-order valence-corrected chi connectivity index (χ1v) is 49.6. The highest BCUT2D eigenvalue weighted by atomic mass is 15.1. The topological polar surface area (TPSA) is 232 Å². The van der Waals surface area contributed by atoms with Crippen LogP contribution in [0.2, 0.25) is 0 Å². The van der Waals surface area contributed by atoms with Gasteiger partial charge in [-0.3, -0.25) is 0 Å². The maximum Gasteiger partial charge on any atom is 0.165 e. The molecule has 30 aromatic rings. The van der Waals surface area contributed by atoms with Crippen molar-refractivity contribution in [2.24, 2.45) is 0 Å². The second-order valence-corrected chi connectivity index (χ2v) is 37.5. The zero-order chi connectivity index (χ0) is 99.1. The van der Waals surface area contributed by atoms with Crippen LogP contribution < -0.4 is 0 Å². The molecule has 6 aromatic heterocycles. The molecule has 696 valence electrons. The van der Waals surface area contributed by atoms with Crippen LogP contribution in [0.3, 0.4) is 0 Å².